The lowest BCUT2D eigenvalue weighted by Crippen LogP contribution is -2.38. The summed E-state index contributed by atoms with van der Waals surface area (Å²) >= 11 is 0. The van der Waals surface area contributed by atoms with Gasteiger partial charge in [-0.15, -0.1) is 6.58 Å². The highest BCUT2D eigenvalue weighted by atomic mass is 16.3. The van der Waals surface area contributed by atoms with Crippen LogP contribution < -0.4 is 5.32 Å². The molecule has 1 aliphatic carbocycles. The summed E-state index contributed by atoms with van der Waals surface area (Å²) in [6.07, 6.45) is 8.35. The molecule has 15 heavy (non-hydrogen) atoms. The summed E-state index contributed by atoms with van der Waals surface area (Å²) in [4.78, 5) is 0. The van der Waals surface area contributed by atoms with Gasteiger partial charge in [0.15, 0.2) is 0 Å². The maximum absolute atomic E-state index is 9.02. The first kappa shape index (κ1) is 12.5. The average molecular weight is 209 g/mol. The van der Waals surface area contributed by atoms with Gasteiger partial charge >= 0.3 is 0 Å². The first-order valence-corrected chi connectivity index (χ1v) is 5.83. The van der Waals surface area contributed by atoms with Crippen LogP contribution in [0.15, 0.2) is 24.8 Å². The van der Waals surface area contributed by atoms with Gasteiger partial charge in [-0.05, 0) is 25.7 Å². The first-order valence-electron chi connectivity index (χ1n) is 5.83. The molecule has 0 radical (unpaired) electrons. The summed E-state index contributed by atoms with van der Waals surface area (Å²) in [6.45, 7) is 8.49. The normalized spacial score (nSPS) is 29.0. The molecule has 0 spiro atoms. The molecule has 86 valence electrons. The zero-order valence-corrected chi connectivity index (χ0v) is 9.82. The van der Waals surface area contributed by atoms with E-state index in [-0.39, 0.29) is 6.61 Å². The van der Waals surface area contributed by atoms with Gasteiger partial charge in [0.1, 0.15) is 0 Å². The minimum Gasteiger partial charge on any atom is -0.396 e. The maximum atomic E-state index is 9.02. The van der Waals surface area contributed by atoms with E-state index in [1.807, 2.05) is 6.08 Å². The van der Waals surface area contributed by atoms with Crippen molar-refractivity contribution in [3.8, 4) is 0 Å². The summed E-state index contributed by atoms with van der Waals surface area (Å²) in [5.74, 6) is 0.966. The molecule has 0 aliphatic heterocycles. The number of hydrogen-bond acceptors (Lipinski definition) is 2. The summed E-state index contributed by atoms with van der Waals surface area (Å²) in [5.41, 5.74) is 0. The first-order chi connectivity index (χ1) is 7.17. The highest BCUT2D eigenvalue weighted by Gasteiger charge is 2.21. The molecule has 0 fully saturated rings. The number of hydrogen-bond donors (Lipinski definition) is 2. The Morgan fingerprint density at radius 1 is 1.53 bits per heavy atom. The third-order valence-corrected chi connectivity index (χ3v) is 3.28. The second kappa shape index (κ2) is 6.09. The molecule has 0 amide bonds. The number of aliphatic hydroxyl groups excluding tert-OH is 1. The summed E-state index contributed by atoms with van der Waals surface area (Å²) in [7, 11) is 0. The molecule has 1 aliphatic rings. The lowest BCUT2D eigenvalue weighted by Gasteiger charge is -2.24. The van der Waals surface area contributed by atoms with Crippen LogP contribution in [0, 0.1) is 11.8 Å². The molecule has 0 saturated carbocycles. The third-order valence-electron chi connectivity index (χ3n) is 3.28. The molecular weight excluding hydrogens is 186 g/mol. The number of rotatable bonds is 6. The lowest BCUT2D eigenvalue weighted by atomic mass is 9.98. The van der Waals surface area contributed by atoms with Crippen LogP contribution >= 0.6 is 0 Å². The fourth-order valence-electron chi connectivity index (χ4n) is 2.00. The molecule has 4 atom stereocenters. The lowest BCUT2D eigenvalue weighted by molar-refractivity contribution is 0.242. The molecule has 0 heterocycles. The van der Waals surface area contributed by atoms with Crippen LogP contribution in [0.25, 0.3) is 0 Å². The van der Waals surface area contributed by atoms with Gasteiger partial charge in [0.25, 0.3) is 0 Å². The standard InChI is InChI=1S/C13H23NO/c1-4-5-10(2)11(3)14-13-7-6-12(8-13)9-15/h4,6-7,10-15H,1,5,8-9H2,2-3H3/t10?,11?,12-,13+/m0/s1. The fourth-order valence-corrected chi connectivity index (χ4v) is 2.00. The molecule has 2 N–H and O–H groups in total. The third kappa shape index (κ3) is 3.80. The van der Waals surface area contributed by atoms with Gasteiger partial charge in [0.2, 0.25) is 0 Å². The van der Waals surface area contributed by atoms with E-state index in [2.05, 4.69) is 37.9 Å². The van der Waals surface area contributed by atoms with Crippen molar-refractivity contribution in [1.29, 1.82) is 0 Å². The van der Waals surface area contributed by atoms with Crippen LogP contribution in [-0.2, 0) is 0 Å². The summed E-state index contributed by atoms with van der Waals surface area (Å²) < 4.78 is 0. The molecule has 2 heteroatoms. The van der Waals surface area contributed by atoms with E-state index in [4.69, 9.17) is 5.11 Å². The largest absolute Gasteiger partial charge is 0.396 e. The summed E-state index contributed by atoms with van der Waals surface area (Å²) in [5, 5.41) is 12.6. The second-order valence-corrected chi connectivity index (χ2v) is 4.63. The van der Waals surface area contributed by atoms with Crippen molar-refractivity contribution in [2.75, 3.05) is 6.61 Å². The van der Waals surface area contributed by atoms with Crippen molar-refractivity contribution in [2.24, 2.45) is 11.8 Å². The van der Waals surface area contributed by atoms with Crippen LogP contribution in [-0.4, -0.2) is 23.8 Å². The average Bonchev–Trinajstić information content (AvgIpc) is 2.66. The minimum absolute atomic E-state index is 0.269. The van der Waals surface area contributed by atoms with Crippen LogP contribution in [0.2, 0.25) is 0 Å². The Kier molecular flexibility index (Phi) is 5.06. The van der Waals surface area contributed by atoms with Crippen LogP contribution in [0.1, 0.15) is 26.7 Å². The smallest absolute Gasteiger partial charge is 0.0494 e. The zero-order valence-electron chi connectivity index (χ0n) is 9.82. The van der Waals surface area contributed by atoms with Gasteiger partial charge in [0.05, 0.1) is 0 Å². The molecule has 2 nitrogen and oxygen atoms in total. The van der Waals surface area contributed by atoms with Crippen molar-refractivity contribution in [3.63, 3.8) is 0 Å². The predicted octanol–water partition coefficient (Wildman–Crippen LogP) is 2.11. The van der Waals surface area contributed by atoms with Crippen LogP contribution in [0.3, 0.4) is 0 Å². The van der Waals surface area contributed by atoms with E-state index >= 15 is 0 Å². The van der Waals surface area contributed by atoms with E-state index in [1.54, 1.807) is 0 Å². The van der Waals surface area contributed by atoms with E-state index in [0.717, 1.165) is 12.8 Å². The van der Waals surface area contributed by atoms with Crippen molar-refractivity contribution in [1.82, 2.24) is 5.32 Å². The Hall–Kier alpha value is -0.600. The van der Waals surface area contributed by atoms with Crippen molar-refractivity contribution in [2.45, 2.75) is 38.8 Å². The highest BCUT2D eigenvalue weighted by Crippen LogP contribution is 2.19. The molecule has 0 aromatic carbocycles. The van der Waals surface area contributed by atoms with Gasteiger partial charge in [-0.25, -0.2) is 0 Å². The summed E-state index contributed by atoms with van der Waals surface area (Å²) in [6, 6.07) is 0.930. The highest BCUT2D eigenvalue weighted by molar-refractivity contribution is 5.06. The molecule has 1 rings (SSSR count). The molecule has 0 aromatic rings. The fraction of sp³-hybridized carbons (Fsp3) is 0.692. The van der Waals surface area contributed by atoms with Crippen molar-refractivity contribution in [3.05, 3.63) is 24.8 Å². The van der Waals surface area contributed by atoms with Gasteiger partial charge in [-0.2, -0.15) is 0 Å². The van der Waals surface area contributed by atoms with E-state index in [0.29, 0.717) is 23.9 Å². The quantitative estimate of drug-likeness (QED) is 0.657. The number of aliphatic hydroxyl groups is 1. The Labute approximate surface area is 93.1 Å². The van der Waals surface area contributed by atoms with E-state index in [1.165, 1.54) is 0 Å². The molecule has 2 unspecified atom stereocenters. The van der Waals surface area contributed by atoms with Crippen molar-refractivity contribution < 1.29 is 5.11 Å². The van der Waals surface area contributed by atoms with Crippen molar-refractivity contribution >= 4 is 0 Å². The Balaban J connectivity index is 2.30. The van der Waals surface area contributed by atoms with Gasteiger partial charge in [-0.3, -0.25) is 0 Å². The SMILES string of the molecule is C=CCC(C)C(C)N[C@@H]1C=C[C@H](CO)C1. The Morgan fingerprint density at radius 2 is 2.27 bits per heavy atom. The second-order valence-electron chi connectivity index (χ2n) is 4.63. The number of allylic oxidation sites excluding steroid dienone is 1. The van der Waals surface area contributed by atoms with Crippen LogP contribution in [0.4, 0.5) is 0 Å². The molecule has 0 bridgehead atoms. The van der Waals surface area contributed by atoms with Gasteiger partial charge in [0, 0.05) is 24.6 Å². The van der Waals surface area contributed by atoms with Gasteiger partial charge in [-0.1, -0.05) is 25.2 Å². The Bertz CT molecular complexity index is 225. The van der Waals surface area contributed by atoms with Crippen LogP contribution in [0.5, 0.6) is 0 Å². The molecule has 0 saturated heterocycles. The molecular formula is C13H23NO. The topological polar surface area (TPSA) is 32.3 Å². The maximum Gasteiger partial charge on any atom is 0.0494 e. The minimum atomic E-state index is 0.269. The number of nitrogens with one attached hydrogen (secondary N) is 1. The van der Waals surface area contributed by atoms with Gasteiger partial charge < -0.3 is 10.4 Å². The van der Waals surface area contributed by atoms with E-state index < -0.39 is 0 Å². The predicted molar refractivity (Wildman–Crippen MR) is 64.7 cm³/mol. The molecule has 0 aromatic heterocycles. The zero-order chi connectivity index (χ0) is 11.3. The van der Waals surface area contributed by atoms with E-state index in [9.17, 15) is 0 Å². The Morgan fingerprint density at radius 3 is 2.80 bits per heavy atom. The monoisotopic (exact) mass is 209 g/mol.